The molecule has 10 N–H and O–H groups in total. The number of amides is 5. The predicted octanol–water partition coefficient (Wildman–Crippen LogP) is 4.57. The molecule has 6 aromatic rings. The Morgan fingerprint density at radius 2 is 1.21 bits per heavy atom. The van der Waals surface area contributed by atoms with Gasteiger partial charge in [0, 0.05) is 61.5 Å². The summed E-state index contributed by atoms with van der Waals surface area (Å²) in [6.45, 7) is 11.8. The standard InChI is InChI=1S/C88H114FN7O30/c1-4-88(109)64-48-70-76-61(50-96(70)82(103)63(64)53-122-85(88)106)75-66(18-17-56-54(2)65(89)49-69(93-76)74(56)75)94-86(107)123-51-55-16-19-71(125-84-79(101)77(99)78(100)80(126-84)83(104)105)68(47-55)92-73(98)20-23-91-81(102)67(95-87(108)124-52-62-59-13-7-5-11-57(59)58-12-6-8-14-60(58)62)15-9-10-22-90-72(97)21-24-111-27-28-113-31-32-115-35-36-117-39-40-119-43-44-121-46-45-120-42-41-118-38-37-116-34-33-114-30-29-112-26-25-110-3/h5-8,11-14,16,19,47-49,62,66-67,77-80,84,99-101,109H,4,9-10,15,17-18,20-46,50-53H2,1-3H3,(H,90,97)(H,91,102)(H,92,98)(H,94,107)(H,95,108)(H,104,105)/t66-,67-,77-,78-,79+,80-,84+,88-/m0/s1. The van der Waals surface area contributed by atoms with Crippen molar-refractivity contribution < 1.29 is 144 Å². The number of aryl methyl sites for hydroxylation is 1. The molecular formula is C88H114FN7O30. The average molecular weight is 1770 g/mol. The second kappa shape index (κ2) is 49.5. The lowest BCUT2D eigenvalue weighted by Gasteiger charge is -2.38. The van der Waals surface area contributed by atoms with E-state index in [2.05, 4.69) is 26.6 Å². The molecule has 1 saturated heterocycles. The topological polar surface area (TPSA) is 473 Å². The monoisotopic (exact) mass is 1770 g/mol. The molecule has 126 heavy (non-hydrogen) atoms. The fourth-order valence-corrected chi connectivity index (χ4v) is 15.3. The first-order valence-electron chi connectivity index (χ1n) is 42.5. The molecule has 38 heteroatoms. The lowest BCUT2D eigenvalue weighted by atomic mass is 9.81. The summed E-state index contributed by atoms with van der Waals surface area (Å²) in [5.41, 5.74) is 4.43. The molecular weight excluding hydrogens is 1650 g/mol. The number of unbranched alkanes of at least 4 members (excludes halogenated alkanes) is 1. The largest absolute Gasteiger partial charge is 0.479 e. The predicted molar refractivity (Wildman–Crippen MR) is 446 cm³/mol. The molecule has 1 fully saturated rings. The third-order valence-corrected chi connectivity index (χ3v) is 21.9. The van der Waals surface area contributed by atoms with E-state index in [1.54, 1.807) is 21.0 Å². The summed E-state index contributed by atoms with van der Waals surface area (Å²) in [5, 5.41) is 67.9. The molecule has 0 spiro atoms. The van der Waals surface area contributed by atoms with Gasteiger partial charge in [0.1, 0.15) is 55.7 Å². The van der Waals surface area contributed by atoms with Crippen molar-refractivity contribution in [1.29, 1.82) is 0 Å². The van der Waals surface area contributed by atoms with Crippen LogP contribution in [0, 0.1) is 12.7 Å². The van der Waals surface area contributed by atoms with Crippen LogP contribution in [-0.4, -0.2) is 292 Å². The molecule has 37 nitrogen and oxygen atoms in total. The smallest absolute Gasteiger partial charge is 0.407 e. The first kappa shape index (κ1) is 96.8. The van der Waals surface area contributed by atoms with Gasteiger partial charge in [-0.15, -0.1) is 0 Å². The molecule has 5 heterocycles. The summed E-state index contributed by atoms with van der Waals surface area (Å²) in [5.74, 6) is -5.39. The normalized spacial score (nSPS) is 18.6. The highest BCUT2D eigenvalue weighted by atomic mass is 19.1. The van der Waals surface area contributed by atoms with Gasteiger partial charge in [0.2, 0.25) is 24.0 Å². The number of methoxy groups -OCH3 is 1. The number of carboxylic acid groups (broad SMARTS) is 1. The molecule has 2 aliphatic carbocycles. The molecule has 0 radical (unpaired) electrons. The van der Waals surface area contributed by atoms with E-state index in [0.29, 0.717) is 179 Å². The first-order chi connectivity index (χ1) is 61.2. The lowest BCUT2D eigenvalue weighted by Crippen LogP contribution is -2.61. The van der Waals surface area contributed by atoms with Gasteiger partial charge in [-0.2, -0.15) is 0 Å². The van der Waals surface area contributed by atoms with Gasteiger partial charge in [0.25, 0.3) is 5.56 Å². The number of pyridine rings is 2. The molecule has 5 amide bonds. The molecule has 0 bridgehead atoms. The number of anilines is 1. The number of esters is 1. The van der Waals surface area contributed by atoms with Crippen LogP contribution >= 0.6 is 0 Å². The number of hydrogen-bond acceptors (Lipinski definition) is 30. The van der Waals surface area contributed by atoms with E-state index in [1.807, 2.05) is 48.5 Å². The molecule has 11 rings (SSSR count). The van der Waals surface area contributed by atoms with Crippen LogP contribution < -0.4 is 36.9 Å². The highest BCUT2D eigenvalue weighted by Gasteiger charge is 2.49. The number of carboxylic acids is 1. The fraction of sp³-hybridized carbons (Fsp3) is 0.557. The van der Waals surface area contributed by atoms with Gasteiger partial charge in [-0.1, -0.05) is 61.5 Å². The summed E-state index contributed by atoms with van der Waals surface area (Å²) < 4.78 is 111. The maximum atomic E-state index is 15.7. The van der Waals surface area contributed by atoms with Crippen molar-refractivity contribution in [3.63, 3.8) is 0 Å². The van der Waals surface area contributed by atoms with Gasteiger partial charge >= 0.3 is 24.1 Å². The minimum absolute atomic E-state index is 0.0336. The molecule has 2 aromatic heterocycles. The number of benzene rings is 4. The molecule has 0 saturated carbocycles. The van der Waals surface area contributed by atoms with E-state index in [-0.39, 0.29) is 135 Å². The number of rotatable bonds is 56. The van der Waals surface area contributed by atoms with Gasteiger partial charge in [-0.25, -0.2) is 28.6 Å². The van der Waals surface area contributed by atoms with E-state index in [4.69, 9.17) is 85.5 Å². The second-order valence-corrected chi connectivity index (χ2v) is 30.2. The number of aliphatic carboxylic acids is 1. The van der Waals surface area contributed by atoms with Crippen LogP contribution in [0.15, 0.2) is 83.7 Å². The number of alkyl carbamates (subject to hydrolysis) is 2. The highest BCUT2D eigenvalue weighted by Crippen LogP contribution is 2.48. The lowest BCUT2D eigenvalue weighted by molar-refractivity contribution is -0.271. The molecule has 0 unspecified atom stereocenters. The number of carbonyl (C=O) groups is 7. The number of ether oxygens (including phenoxy) is 17. The Hall–Kier alpha value is -9.82. The number of nitrogens with one attached hydrogen (secondary N) is 5. The molecule has 5 aliphatic rings. The maximum Gasteiger partial charge on any atom is 0.407 e. The van der Waals surface area contributed by atoms with Crippen molar-refractivity contribution in [2.45, 2.75) is 139 Å². The highest BCUT2D eigenvalue weighted by molar-refractivity contribution is 5.95. The van der Waals surface area contributed by atoms with Crippen LogP contribution in [0.2, 0.25) is 0 Å². The molecule has 4 aromatic carbocycles. The van der Waals surface area contributed by atoms with Crippen LogP contribution in [0.3, 0.4) is 0 Å². The minimum Gasteiger partial charge on any atom is -0.479 e. The zero-order valence-electron chi connectivity index (χ0n) is 71.0. The van der Waals surface area contributed by atoms with Gasteiger partial charge in [0.15, 0.2) is 11.7 Å². The van der Waals surface area contributed by atoms with Crippen molar-refractivity contribution in [3.05, 3.63) is 145 Å². The van der Waals surface area contributed by atoms with E-state index in [0.717, 1.165) is 22.3 Å². The third-order valence-electron chi connectivity index (χ3n) is 21.9. The molecule has 688 valence electrons. The number of aliphatic hydroxyl groups excluding tert-OH is 3. The van der Waals surface area contributed by atoms with Crippen LogP contribution in [0.5, 0.6) is 5.75 Å². The summed E-state index contributed by atoms with van der Waals surface area (Å²) in [4.78, 5) is 113. The average Bonchev–Trinajstić information content (AvgIpc) is 1.53. The first-order valence-corrected chi connectivity index (χ1v) is 42.5. The van der Waals surface area contributed by atoms with Crippen molar-refractivity contribution in [2.24, 2.45) is 0 Å². The number of aromatic nitrogens is 2. The number of nitrogens with zero attached hydrogens (tertiary/aromatic N) is 2. The summed E-state index contributed by atoms with van der Waals surface area (Å²) in [6, 6.07) is 20.4. The second-order valence-electron chi connectivity index (χ2n) is 30.2. The van der Waals surface area contributed by atoms with Crippen LogP contribution in [0.4, 0.5) is 19.7 Å². The minimum atomic E-state index is -2.12. The van der Waals surface area contributed by atoms with Crippen molar-refractivity contribution in [1.82, 2.24) is 30.8 Å². The van der Waals surface area contributed by atoms with Gasteiger partial charge in [-0.05, 0) is 108 Å². The Morgan fingerprint density at radius 3 is 1.78 bits per heavy atom. The van der Waals surface area contributed by atoms with Gasteiger partial charge < -0.3 is 137 Å². The van der Waals surface area contributed by atoms with Crippen molar-refractivity contribution >= 4 is 58.4 Å². The zero-order valence-corrected chi connectivity index (χ0v) is 71.0. The van der Waals surface area contributed by atoms with E-state index < -0.39 is 109 Å². The number of hydrogen-bond donors (Lipinski definition) is 10. The van der Waals surface area contributed by atoms with Gasteiger partial charge in [-0.3, -0.25) is 19.2 Å². The van der Waals surface area contributed by atoms with E-state index >= 15 is 4.39 Å². The fourth-order valence-electron chi connectivity index (χ4n) is 15.3. The number of fused-ring (bicyclic) bond motifs is 8. The van der Waals surface area contributed by atoms with Crippen molar-refractivity contribution in [2.75, 3.05) is 184 Å². The van der Waals surface area contributed by atoms with Crippen LogP contribution in [0.25, 0.3) is 33.4 Å². The summed E-state index contributed by atoms with van der Waals surface area (Å²) >= 11 is 0. The maximum absolute atomic E-state index is 15.7. The van der Waals surface area contributed by atoms with Crippen LogP contribution in [0.1, 0.15) is 114 Å². The Bertz CT molecular complexity index is 4650. The Kier molecular flexibility index (Phi) is 38.0. The molecule has 3 aliphatic heterocycles. The van der Waals surface area contributed by atoms with E-state index in [1.165, 1.54) is 34.9 Å². The van der Waals surface area contributed by atoms with E-state index in [9.17, 15) is 63.9 Å². The Labute approximate surface area is 727 Å². The third kappa shape index (κ3) is 26.4. The summed E-state index contributed by atoms with van der Waals surface area (Å²) in [6.07, 6.45) is -11.1. The SMILES string of the molecule is CC[C@@]1(O)C(=O)OCc2c1cc1n(c2=O)Cc2c-1nc1cc(F)c(C)c3c1c2[C@@H](NC(=O)OCc1ccc(O[C@@H]2O[C@H](C(=O)O)[C@@H](O)[C@H](O)[C@H]2O)c(NC(=O)CCNC(=O)[C@H](CCCCNC(=O)CCOCCOCCOCCOCCOCCOCCOCCOCCOCCOCCOCCOC)NC(=O)OCC2c4ccccc4-c4ccccc42)c1)CC3. The Morgan fingerprint density at radius 1 is 0.635 bits per heavy atom. The number of cyclic esters (lactones) is 1. The number of carbonyl (C=O) groups excluding carboxylic acids is 6. The molecule has 8 atom stereocenters. The summed E-state index contributed by atoms with van der Waals surface area (Å²) in [7, 11) is 1.63. The number of halogens is 1. The number of aliphatic hydroxyl groups is 4. The Balaban J connectivity index is 0.608. The van der Waals surface area contributed by atoms with Gasteiger partial charge in [0.05, 0.1) is 193 Å². The zero-order chi connectivity index (χ0) is 89.3. The van der Waals surface area contributed by atoms with Crippen molar-refractivity contribution in [3.8, 4) is 28.3 Å². The van der Waals surface area contributed by atoms with Crippen LogP contribution in [-0.2, 0) is 132 Å². The quantitative estimate of drug-likeness (QED) is 0.0142.